The van der Waals surface area contributed by atoms with Crippen molar-refractivity contribution in [3.8, 4) is 5.75 Å². The maximum atomic E-state index is 12.5. The number of hydrogen-bond donors (Lipinski definition) is 0. The number of aromatic nitrogens is 2. The molecule has 0 saturated carbocycles. The molecule has 110 valence electrons. The number of nitrogens with zero attached hydrogens (tertiary/aromatic N) is 2. The average molecular weight is 349 g/mol. The van der Waals surface area contributed by atoms with Crippen LogP contribution in [0.5, 0.6) is 5.75 Å². The third kappa shape index (κ3) is 3.67. The number of aryl methyl sites for hydroxylation is 2. The van der Waals surface area contributed by atoms with Crippen LogP contribution in [0.4, 0.5) is 0 Å². The molecule has 0 N–H and O–H groups in total. The van der Waals surface area contributed by atoms with E-state index in [1.165, 1.54) is 0 Å². The number of carbonyl (C=O) groups is 1. The highest BCUT2D eigenvalue weighted by Gasteiger charge is 2.14. The molecule has 1 aromatic carbocycles. The molecule has 1 aromatic heterocycles. The van der Waals surface area contributed by atoms with Crippen LogP contribution in [0.25, 0.3) is 0 Å². The summed E-state index contributed by atoms with van der Waals surface area (Å²) in [5.41, 5.74) is 3.10. The van der Waals surface area contributed by atoms with Crippen molar-refractivity contribution in [1.29, 1.82) is 0 Å². The molecule has 0 atom stereocenters. The van der Waals surface area contributed by atoms with Gasteiger partial charge in [0.15, 0.2) is 5.78 Å². The van der Waals surface area contributed by atoms with Gasteiger partial charge in [-0.25, -0.2) is 0 Å². The summed E-state index contributed by atoms with van der Waals surface area (Å²) in [6.45, 7) is 3.81. The lowest BCUT2D eigenvalue weighted by molar-refractivity contribution is 0.0991. The Balaban J connectivity index is 2.26. The van der Waals surface area contributed by atoms with E-state index < -0.39 is 0 Å². The van der Waals surface area contributed by atoms with Crippen LogP contribution in [0.2, 0.25) is 0 Å². The number of halogens is 1. The molecule has 0 saturated heterocycles. The van der Waals surface area contributed by atoms with Gasteiger partial charge in [-0.15, -0.1) is 0 Å². The molecule has 0 bridgehead atoms. The van der Waals surface area contributed by atoms with Gasteiger partial charge < -0.3 is 4.74 Å². The molecular weight excluding hydrogens is 332 g/mol. The third-order valence-electron chi connectivity index (χ3n) is 3.21. The molecule has 2 aromatic rings. The van der Waals surface area contributed by atoms with Crippen LogP contribution in [-0.2, 0) is 12.8 Å². The van der Waals surface area contributed by atoms with Gasteiger partial charge in [0.05, 0.1) is 23.0 Å². The first kappa shape index (κ1) is 15.6. The summed E-state index contributed by atoms with van der Waals surface area (Å²) in [7, 11) is 1.61. The Labute approximate surface area is 132 Å². The molecule has 1 heterocycles. The van der Waals surface area contributed by atoms with Gasteiger partial charge in [0.25, 0.3) is 0 Å². The van der Waals surface area contributed by atoms with Crippen LogP contribution >= 0.6 is 15.9 Å². The van der Waals surface area contributed by atoms with E-state index in [9.17, 15) is 4.79 Å². The summed E-state index contributed by atoms with van der Waals surface area (Å²) in [5, 5.41) is 8.11. The van der Waals surface area contributed by atoms with E-state index in [1.54, 1.807) is 7.11 Å². The molecule has 2 rings (SSSR count). The smallest absolute Gasteiger partial charge is 0.169 e. The molecule has 0 spiro atoms. The van der Waals surface area contributed by atoms with Crippen molar-refractivity contribution in [3.05, 3.63) is 51.3 Å². The molecule has 5 heteroatoms. The van der Waals surface area contributed by atoms with Gasteiger partial charge in [-0.05, 0) is 53.0 Å². The van der Waals surface area contributed by atoms with Gasteiger partial charge in [-0.3, -0.25) is 4.79 Å². The molecule has 0 aliphatic rings. The van der Waals surface area contributed by atoms with Crippen LogP contribution in [-0.4, -0.2) is 23.1 Å². The highest BCUT2D eigenvalue weighted by molar-refractivity contribution is 9.10. The average Bonchev–Trinajstić information content (AvgIpc) is 2.47. The SMILES string of the molecule is CCc1nnc(C)cc1C(=O)Cc1ccc(OC)c(Br)c1. The molecule has 0 fully saturated rings. The Morgan fingerprint density at radius 3 is 2.67 bits per heavy atom. The van der Waals surface area contributed by atoms with Crippen molar-refractivity contribution in [3.63, 3.8) is 0 Å². The van der Waals surface area contributed by atoms with Crippen LogP contribution in [0.1, 0.15) is 34.2 Å². The Morgan fingerprint density at radius 2 is 2.05 bits per heavy atom. The zero-order valence-corrected chi connectivity index (χ0v) is 13.9. The minimum Gasteiger partial charge on any atom is -0.496 e. The number of benzene rings is 1. The highest BCUT2D eigenvalue weighted by atomic mass is 79.9. The molecule has 0 aliphatic carbocycles. The fraction of sp³-hybridized carbons (Fsp3) is 0.312. The predicted octanol–water partition coefficient (Wildman–Crippen LogP) is 3.54. The van der Waals surface area contributed by atoms with Crippen molar-refractivity contribution in [2.24, 2.45) is 0 Å². The quantitative estimate of drug-likeness (QED) is 0.775. The van der Waals surface area contributed by atoms with Crippen LogP contribution in [0.3, 0.4) is 0 Å². The van der Waals surface area contributed by atoms with E-state index >= 15 is 0 Å². The Kier molecular flexibility index (Phi) is 5.07. The van der Waals surface area contributed by atoms with E-state index in [0.717, 1.165) is 27.2 Å². The minimum atomic E-state index is 0.0573. The molecule has 0 amide bonds. The largest absolute Gasteiger partial charge is 0.496 e. The summed E-state index contributed by atoms with van der Waals surface area (Å²) in [5.74, 6) is 0.809. The minimum absolute atomic E-state index is 0.0573. The van der Waals surface area contributed by atoms with Crippen molar-refractivity contribution in [2.75, 3.05) is 7.11 Å². The standard InChI is InChI=1S/C16H17BrN2O2/c1-4-14-12(7-10(2)18-19-14)15(20)9-11-5-6-16(21-3)13(17)8-11/h5-8H,4,9H2,1-3H3. The van der Waals surface area contributed by atoms with E-state index in [2.05, 4.69) is 26.1 Å². The molecule has 4 nitrogen and oxygen atoms in total. The second-order valence-electron chi connectivity index (χ2n) is 4.77. The number of hydrogen-bond acceptors (Lipinski definition) is 4. The van der Waals surface area contributed by atoms with E-state index in [4.69, 9.17) is 4.74 Å². The fourth-order valence-electron chi connectivity index (χ4n) is 2.12. The lowest BCUT2D eigenvalue weighted by Crippen LogP contribution is -2.10. The maximum absolute atomic E-state index is 12.5. The number of carbonyl (C=O) groups excluding carboxylic acids is 1. The van der Waals surface area contributed by atoms with Crippen LogP contribution in [0, 0.1) is 6.92 Å². The van der Waals surface area contributed by atoms with Crippen LogP contribution < -0.4 is 4.74 Å². The Bertz CT molecular complexity index is 671. The summed E-state index contributed by atoms with van der Waals surface area (Å²) >= 11 is 3.43. The van der Waals surface area contributed by atoms with Crippen molar-refractivity contribution < 1.29 is 9.53 Å². The number of ether oxygens (including phenoxy) is 1. The first-order valence-electron chi connectivity index (χ1n) is 6.74. The normalized spacial score (nSPS) is 10.5. The second kappa shape index (κ2) is 6.80. The summed E-state index contributed by atoms with van der Waals surface area (Å²) in [6, 6.07) is 7.47. The van der Waals surface area contributed by atoms with Crippen molar-refractivity contribution in [2.45, 2.75) is 26.7 Å². The lowest BCUT2D eigenvalue weighted by Gasteiger charge is -2.08. The predicted molar refractivity (Wildman–Crippen MR) is 84.9 cm³/mol. The number of rotatable bonds is 5. The Hall–Kier alpha value is -1.75. The number of methoxy groups -OCH3 is 1. The van der Waals surface area contributed by atoms with E-state index in [1.807, 2.05) is 38.1 Å². The highest BCUT2D eigenvalue weighted by Crippen LogP contribution is 2.26. The zero-order valence-electron chi connectivity index (χ0n) is 12.3. The molecule has 0 aliphatic heterocycles. The van der Waals surface area contributed by atoms with Gasteiger partial charge >= 0.3 is 0 Å². The van der Waals surface area contributed by atoms with Crippen molar-refractivity contribution >= 4 is 21.7 Å². The van der Waals surface area contributed by atoms with Crippen LogP contribution in [0.15, 0.2) is 28.7 Å². The molecule has 0 unspecified atom stereocenters. The topological polar surface area (TPSA) is 52.1 Å². The lowest BCUT2D eigenvalue weighted by atomic mass is 10.0. The van der Waals surface area contributed by atoms with Gasteiger partial charge in [0.1, 0.15) is 5.75 Å². The fourth-order valence-corrected chi connectivity index (χ4v) is 2.71. The first-order valence-corrected chi connectivity index (χ1v) is 7.53. The third-order valence-corrected chi connectivity index (χ3v) is 3.83. The summed E-state index contributed by atoms with van der Waals surface area (Å²) < 4.78 is 6.03. The zero-order chi connectivity index (χ0) is 15.4. The molecule has 21 heavy (non-hydrogen) atoms. The van der Waals surface area contributed by atoms with Gasteiger partial charge in [-0.2, -0.15) is 10.2 Å². The summed E-state index contributed by atoms with van der Waals surface area (Å²) in [4.78, 5) is 12.5. The Morgan fingerprint density at radius 1 is 1.29 bits per heavy atom. The number of ketones is 1. The maximum Gasteiger partial charge on any atom is 0.169 e. The van der Waals surface area contributed by atoms with Gasteiger partial charge in [0.2, 0.25) is 0 Å². The van der Waals surface area contributed by atoms with Crippen molar-refractivity contribution in [1.82, 2.24) is 10.2 Å². The molecule has 0 radical (unpaired) electrons. The first-order chi connectivity index (χ1) is 10.0. The second-order valence-corrected chi connectivity index (χ2v) is 5.62. The van der Waals surface area contributed by atoms with E-state index in [0.29, 0.717) is 18.4 Å². The number of Topliss-reactive ketones (excluding diaryl/α,β-unsaturated/α-hetero) is 1. The molecular formula is C16H17BrN2O2. The summed E-state index contributed by atoms with van der Waals surface area (Å²) in [6.07, 6.45) is 1.03. The van der Waals surface area contributed by atoms with Gasteiger partial charge in [0, 0.05) is 12.0 Å². The monoisotopic (exact) mass is 348 g/mol. The van der Waals surface area contributed by atoms with Gasteiger partial charge in [-0.1, -0.05) is 13.0 Å². The van der Waals surface area contributed by atoms with E-state index in [-0.39, 0.29) is 5.78 Å².